The lowest BCUT2D eigenvalue weighted by Gasteiger charge is -2.32. The molecule has 0 aliphatic heterocycles. The van der Waals surface area contributed by atoms with Crippen LogP contribution in [0.3, 0.4) is 0 Å². The molecule has 1 N–H and O–H groups in total. The summed E-state index contributed by atoms with van der Waals surface area (Å²) in [5.74, 6) is -0.258. The molecule has 0 saturated heterocycles. The maximum absolute atomic E-state index is 13.1. The van der Waals surface area contributed by atoms with Crippen molar-refractivity contribution in [1.82, 2.24) is 10.2 Å². The number of amides is 2. The van der Waals surface area contributed by atoms with E-state index in [0.717, 1.165) is 17.5 Å². The zero-order chi connectivity index (χ0) is 21.4. The third kappa shape index (κ3) is 6.76. The summed E-state index contributed by atoms with van der Waals surface area (Å²) in [4.78, 5) is 27.6. The predicted octanol–water partition coefficient (Wildman–Crippen LogP) is 5.26. The minimum atomic E-state index is -0.634. The standard InChI is InChI=1S/C23H28Cl2N2O2/c1-4-16(3)26-23(29)21(13-17-9-7-6-8-10-17)27(22(28)5-2)15-18-11-12-19(24)14-20(18)25/h6-12,14,16,21H,4-5,13,15H2,1-3H3,(H,26,29)/t16-,21-/m0/s1. The fraction of sp³-hybridized carbons (Fsp3) is 0.391. The van der Waals surface area contributed by atoms with Crippen molar-refractivity contribution in [3.8, 4) is 0 Å². The molecule has 29 heavy (non-hydrogen) atoms. The van der Waals surface area contributed by atoms with Crippen LogP contribution in [0.1, 0.15) is 44.7 Å². The first kappa shape index (κ1) is 23.2. The molecule has 156 valence electrons. The molecular formula is C23H28Cl2N2O2. The van der Waals surface area contributed by atoms with Gasteiger partial charge >= 0.3 is 0 Å². The van der Waals surface area contributed by atoms with E-state index in [1.165, 1.54) is 0 Å². The van der Waals surface area contributed by atoms with Crippen molar-refractivity contribution in [2.75, 3.05) is 0 Å². The molecule has 2 amide bonds. The lowest BCUT2D eigenvalue weighted by atomic mass is 10.0. The summed E-state index contributed by atoms with van der Waals surface area (Å²) in [6, 6.07) is 14.3. The van der Waals surface area contributed by atoms with Crippen LogP contribution in [-0.4, -0.2) is 28.8 Å². The Hall–Kier alpha value is -2.04. The van der Waals surface area contributed by atoms with Gasteiger partial charge in [-0.05, 0) is 36.6 Å². The van der Waals surface area contributed by atoms with Gasteiger partial charge in [-0.25, -0.2) is 0 Å². The lowest BCUT2D eigenvalue weighted by Crippen LogP contribution is -2.52. The smallest absolute Gasteiger partial charge is 0.243 e. The molecule has 2 aromatic rings. The van der Waals surface area contributed by atoms with Crippen LogP contribution in [0.15, 0.2) is 48.5 Å². The molecule has 0 aromatic heterocycles. The van der Waals surface area contributed by atoms with Gasteiger partial charge in [-0.1, -0.05) is 73.4 Å². The van der Waals surface area contributed by atoms with Gasteiger partial charge in [-0.3, -0.25) is 9.59 Å². The Morgan fingerprint density at radius 1 is 1.07 bits per heavy atom. The van der Waals surface area contributed by atoms with Gasteiger partial charge < -0.3 is 10.2 Å². The van der Waals surface area contributed by atoms with Crippen LogP contribution in [0.5, 0.6) is 0 Å². The van der Waals surface area contributed by atoms with Gasteiger partial charge in [0.2, 0.25) is 11.8 Å². The number of nitrogens with zero attached hydrogens (tertiary/aromatic N) is 1. The number of carbonyl (C=O) groups is 2. The van der Waals surface area contributed by atoms with Crippen LogP contribution in [-0.2, 0) is 22.6 Å². The molecule has 6 heteroatoms. The normalized spacial score (nSPS) is 12.9. The molecule has 2 atom stereocenters. The molecule has 0 aliphatic carbocycles. The van der Waals surface area contributed by atoms with Gasteiger partial charge in [-0.2, -0.15) is 0 Å². The number of rotatable bonds is 9. The van der Waals surface area contributed by atoms with E-state index in [1.54, 1.807) is 30.0 Å². The van der Waals surface area contributed by atoms with Crippen LogP contribution < -0.4 is 5.32 Å². The fourth-order valence-corrected chi connectivity index (χ4v) is 3.50. The van der Waals surface area contributed by atoms with Crippen molar-refractivity contribution in [3.63, 3.8) is 0 Å². The minimum absolute atomic E-state index is 0.0264. The zero-order valence-corrected chi connectivity index (χ0v) is 18.6. The molecule has 0 spiro atoms. The summed E-state index contributed by atoms with van der Waals surface area (Å²) in [6.07, 6.45) is 1.54. The summed E-state index contributed by atoms with van der Waals surface area (Å²) >= 11 is 12.4. The number of nitrogens with one attached hydrogen (secondary N) is 1. The van der Waals surface area contributed by atoms with Gasteiger partial charge in [0.1, 0.15) is 6.04 Å². The van der Waals surface area contributed by atoms with Crippen molar-refractivity contribution >= 4 is 35.0 Å². The highest BCUT2D eigenvalue weighted by atomic mass is 35.5. The first-order valence-electron chi connectivity index (χ1n) is 9.93. The Labute approximate surface area is 183 Å². The number of carbonyl (C=O) groups excluding carboxylic acids is 2. The first-order chi connectivity index (χ1) is 13.8. The minimum Gasteiger partial charge on any atom is -0.352 e. The van der Waals surface area contributed by atoms with Crippen molar-refractivity contribution in [3.05, 3.63) is 69.7 Å². The quantitative estimate of drug-likeness (QED) is 0.584. The van der Waals surface area contributed by atoms with E-state index in [0.29, 0.717) is 22.9 Å². The molecule has 0 heterocycles. The van der Waals surface area contributed by atoms with Crippen LogP contribution in [0.4, 0.5) is 0 Å². The Kier molecular flexibility index (Phi) is 8.99. The number of benzene rings is 2. The van der Waals surface area contributed by atoms with E-state index in [4.69, 9.17) is 23.2 Å². The number of hydrogen-bond acceptors (Lipinski definition) is 2. The predicted molar refractivity (Wildman–Crippen MR) is 119 cm³/mol. The highest BCUT2D eigenvalue weighted by molar-refractivity contribution is 6.35. The molecule has 0 aliphatic rings. The van der Waals surface area contributed by atoms with E-state index in [9.17, 15) is 9.59 Å². The van der Waals surface area contributed by atoms with Gasteiger partial charge in [0.15, 0.2) is 0 Å². The SMILES string of the molecule is CCC(=O)N(Cc1ccc(Cl)cc1Cl)[C@@H](Cc1ccccc1)C(=O)N[C@@H](C)CC. The lowest BCUT2D eigenvalue weighted by molar-refractivity contribution is -0.141. The van der Waals surface area contributed by atoms with Crippen LogP contribution in [0.25, 0.3) is 0 Å². The summed E-state index contributed by atoms with van der Waals surface area (Å²) in [5, 5.41) is 4.04. The van der Waals surface area contributed by atoms with Gasteiger partial charge in [0, 0.05) is 35.5 Å². The van der Waals surface area contributed by atoms with E-state index in [2.05, 4.69) is 5.32 Å². The number of hydrogen-bond donors (Lipinski definition) is 1. The first-order valence-corrected chi connectivity index (χ1v) is 10.7. The topological polar surface area (TPSA) is 49.4 Å². The Morgan fingerprint density at radius 2 is 1.76 bits per heavy atom. The second kappa shape index (κ2) is 11.2. The van der Waals surface area contributed by atoms with Crippen molar-refractivity contribution in [2.24, 2.45) is 0 Å². The molecule has 2 aromatic carbocycles. The van der Waals surface area contributed by atoms with E-state index in [1.807, 2.05) is 44.2 Å². The molecule has 0 fully saturated rings. The van der Waals surface area contributed by atoms with Crippen LogP contribution in [0.2, 0.25) is 10.0 Å². The van der Waals surface area contributed by atoms with Crippen LogP contribution in [0, 0.1) is 0 Å². The summed E-state index contributed by atoms with van der Waals surface area (Å²) in [7, 11) is 0. The average molecular weight is 435 g/mol. The van der Waals surface area contributed by atoms with Gasteiger partial charge in [-0.15, -0.1) is 0 Å². The second-order valence-corrected chi connectivity index (χ2v) is 7.98. The Morgan fingerprint density at radius 3 is 2.34 bits per heavy atom. The molecular weight excluding hydrogens is 407 g/mol. The monoisotopic (exact) mass is 434 g/mol. The highest BCUT2D eigenvalue weighted by Crippen LogP contribution is 2.24. The van der Waals surface area contributed by atoms with Gasteiger partial charge in [0.05, 0.1) is 0 Å². The fourth-order valence-electron chi connectivity index (χ4n) is 3.03. The van der Waals surface area contributed by atoms with E-state index >= 15 is 0 Å². The van der Waals surface area contributed by atoms with Gasteiger partial charge in [0.25, 0.3) is 0 Å². The molecule has 0 unspecified atom stereocenters. The molecule has 4 nitrogen and oxygen atoms in total. The van der Waals surface area contributed by atoms with Crippen LogP contribution >= 0.6 is 23.2 Å². The molecule has 0 bridgehead atoms. The highest BCUT2D eigenvalue weighted by Gasteiger charge is 2.30. The maximum Gasteiger partial charge on any atom is 0.243 e. The second-order valence-electron chi connectivity index (χ2n) is 7.13. The third-order valence-corrected chi connectivity index (χ3v) is 5.52. The average Bonchev–Trinajstić information content (AvgIpc) is 2.72. The Balaban J connectivity index is 2.39. The van der Waals surface area contributed by atoms with Crippen molar-refractivity contribution in [1.29, 1.82) is 0 Å². The van der Waals surface area contributed by atoms with E-state index in [-0.39, 0.29) is 24.4 Å². The molecule has 0 radical (unpaired) electrons. The summed E-state index contributed by atoms with van der Waals surface area (Å²) in [5.41, 5.74) is 1.75. The van der Waals surface area contributed by atoms with Crippen molar-refractivity contribution in [2.45, 2.75) is 58.7 Å². The maximum atomic E-state index is 13.1. The summed E-state index contributed by atoms with van der Waals surface area (Å²) < 4.78 is 0. The summed E-state index contributed by atoms with van der Waals surface area (Å²) in [6.45, 7) is 6.01. The third-order valence-electron chi connectivity index (χ3n) is 4.93. The van der Waals surface area contributed by atoms with Crippen molar-refractivity contribution < 1.29 is 9.59 Å². The Bertz CT molecular complexity index is 827. The van der Waals surface area contributed by atoms with E-state index < -0.39 is 6.04 Å². The molecule has 2 rings (SSSR count). The largest absolute Gasteiger partial charge is 0.352 e. The zero-order valence-electron chi connectivity index (χ0n) is 17.1. The number of halogens is 2. The molecule has 0 saturated carbocycles.